The van der Waals surface area contributed by atoms with E-state index in [0.717, 1.165) is 0 Å². The van der Waals surface area contributed by atoms with E-state index in [0.29, 0.717) is 30.9 Å². The number of halogens is 1. The Balaban J connectivity index is 2.35. The first-order chi connectivity index (χ1) is 10.7. The second-order valence-electron chi connectivity index (χ2n) is 6.51. The molecule has 23 heavy (non-hydrogen) atoms. The highest BCUT2D eigenvalue weighted by molar-refractivity contribution is 5.69. The monoisotopic (exact) mass is 325 g/mol. The van der Waals surface area contributed by atoms with Gasteiger partial charge in [-0.3, -0.25) is 4.90 Å². The van der Waals surface area contributed by atoms with Crippen molar-refractivity contribution in [3.8, 4) is 5.75 Å². The average Bonchev–Trinajstić information content (AvgIpc) is 2.48. The van der Waals surface area contributed by atoms with Crippen LogP contribution in [0.1, 0.15) is 32.4 Å². The number of hydrogen-bond donors (Lipinski definition) is 2. The van der Waals surface area contributed by atoms with Gasteiger partial charge in [-0.05, 0) is 26.8 Å². The SMILES string of the molecule is COc1cc(N)c(F)cc1C1CNCCN1C(=O)OC(C)(C)C. The molecule has 0 saturated carbocycles. The number of ether oxygens (including phenoxy) is 2. The number of amides is 1. The molecule has 1 amide bonds. The predicted molar refractivity (Wildman–Crippen MR) is 85.9 cm³/mol. The van der Waals surface area contributed by atoms with Crippen LogP contribution in [-0.4, -0.2) is 43.3 Å². The summed E-state index contributed by atoms with van der Waals surface area (Å²) >= 11 is 0. The number of piperazine rings is 1. The summed E-state index contributed by atoms with van der Waals surface area (Å²) in [5, 5.41) is 3.21. The van der Waals surface area contributed by atoms with Gasteiger partial charge in [-0.25, -0.2) is 9.18 Å². The Labute approximate surface area is 135 Å². The van der Waals surface area contributed by atoms with Gasteiger partial charge in [-0.2, -0.15) is 0 Å². The van der Waals surface area contributed by atoms with Crippen molar-refractivity contribution in [1.82, 2.24) is 10.2 Å². The number of nitrogens with one attached hydrogen (secondary N) is 1. The van der Waals surface area contributed by atoms with Crippen LogP contribution >= 0.6 is 0 Å². The van der Waals surface area contributed by atoms with E-state index < -0.39 is 17.5 Å². The minimum atomic E-state index is -0.594. The highest BCUT2D eigenvalue weighted by Crippen LogP contribution is 2.34. The predicted octanol–water partition coefficient (Wildman–Crippen LogP) is 2.30. The van der Waals surface area contributed by atoms with Crippen LogP contribution in [0.4, 0.5) is 14.9 Å². The lowest BCUT2D eigenvalue weighted by atomic mass is 10.0. The normalized spacial score (nSPS) is 18.7. The molecule has 3 N–H and O–H groups in total. The van der Waals surface area contributed by atoms with Crippen LogP contribution in [0.3, 0.4) is 0 Å². The molecule has 7 heteroatoms. The molecule has 2 rings (SSSR count). The Bertz CT molecular complexity index is 587. The Morgan fingerprint density at radius 2 is 2.13 bits per heavy atom. The van der Waals surface area contributed by atoms with Gasteiger partial charge in [0.25, 0.3) is 0 Å². The highest BCUT2D eigenvalue weighted by atomic mass is 19.1. The molecule has 1 unspecified atom stereocenters. The van der Waals surface area contributed by atoms with Crippen molar-refractivity contribution in [2.75, 3.05) is 32.5 Å². The van der Waals surface area contributed by atoms with Gasteiger partial charge in [-0.15, -0.1) is 0 Å². The largest absolute Gasteiger partial charge is 0.496 e. The topological polar surface area (TPSA) is 76.8 Å². The Kier molecular flexibility index (Phi) is 4.99. The van der Waals surface area contributed by atoms with E-state index in [1.165, 1.54) is 19.2 Å². The summed E-state index contributed by atoms with van der Waals surface area (Å²) in [4.78, 5) is 14.1. The number of nitrogen functional groups attached to an aromatic ring is 1. The molecule has 0 bridgehead atoms. The van der Waals surface area contributed by atoms with E-state index in [2.05, 4.69) is 5.32 Å². The minimum absolute atomic E-state index is 0.0122. The van der Waals surface area contributed by atoms with E-state index in [4.69, 9.17) is 15.2 Å². The summed E-state index contributed by atoms with van der Waals surface area (Å²) in [6.07, 6.45) is -0.428. The number of anilines is 1. The van der Waals surface area contributed by atoms with Gasteiger partial charge in [0.1, 0.15) is 17.2 Å². The number of benzene rings is 1. The van der Waals surface area contributed by atoms with E-state index in [1.54, 1.807) is 4.90 Å². The molecule has 0 spiro atoms. The molecular formula is C16H24FN3O3. The molecule has 1 atom stereocenters. The van der Waals surface area contributed by atoms with Gasteiger partial charge in [0.15, 0.2) is 0 Å². The molecule has 0 aromatic heterocycles. The number of carbonyl (C=O) groups excluding carboxylic acids is 1. The molecule has 1 aromatic rings. The standard InChI is InChI=1S/C16H24FN3O3/c1-16(2,3)23-15(21)20-6-5-19-9-13(20)10-7-11(17)12(18)8-14(10)22-4/h7-8,13,19H,5-6,9,18H2,1-4H3. The summed E-state index contributed by atoms with van der Waals surface area (Å²) < 4.78 is 24.7. The van der Waals surface area contributed by atoms with Gasteiger partial charge >= 0.3 is 6.09 Å². The Morgan fingerprint density at radius 3 is 2.74 bits per heavy atom. The smallest absolute Gasteiger partial charge is 0.410 e. The first-order valence-corrected chi connectivity index (χ1v) is 7.56. The van der Waals surface area contributed by atoms with Crippen molar-refractivity contribution in [2.24, 2.45) is 0 Å². The summed E-state index contributed by atoms with van der Waals surface area (Å²) in [5.74, 6) is -0.0818. The second-order valence-corrected chi connectivity index (χ2v) is 6.51. The molecule has 1 aliphatic rings. The maximum absolute atomic E-state index is 13.9. The van der Waals surface area contributed by atoms with Crippen molar-refractivity contribution in [3.63, 3.8) is 0 Å². The van der Waals surface area contributed by atoms with Crippen LogP contribution in [-0.2, 0) is 4.74 Å². The Morgan fingerprint density at radius 1 is 1.43 bits per heavy atom. The molecule has 6 nitrogen and oxygen atoms in total. The van der Waals surface area contributed by atoms with Crippen molar-refractivity contribution in [2.45, 2.75) is 32.4 Å². The van der Waals surface area contributed by atoms with E-state index in [-0.39, 0.29) is 11.7 Å². The summed E-state index contributed by atoms with van der Waals surface area (Å²) in [5.41, 5.74) is 5.58. The van der Waals surface area contributed by atoms with Crippen molar-refractivity contribution in [1.29, 1.82) is 0 Å². The number of rotatable bonds is 2. The van der Waals surface area contributed by atoms with Crippen LogP contribution in [0.25, 0.3) is 0 Å². The third-order valence-corrected chi connectivity index (χ3v) is 3.58. The number of nitrogens with two attached hydrogens (primary N) is 1. The van der Waals surface area contributed by atoms with Crippen molar-refractivity contribution >= 4 is 11.8 Å². The summed E-state index contributed by atoms with van der Waals surface area (Å²) in [6, 6.07) is 2.37. The molecule has 128 valence electrons. The quantitative estimate of drug-likeness (QED) is 0.816. The summed E-state index contributed by atoms with van der Waals surface area (Å²) in [7, 11) is 1.49. The van der Waals surface area contributed by atoms with E-state index in [9.17, 15) is 9.18 Å². The summed E-state index contributed by atoms with van der Waals surface area (Å²) in [6.45, 7) is 7.03. The van der Waals surface area contributed by atoms with Crippen LogP contribution < -0.4 is 15.8 Å². The lowest BCUT2D eigenvalue weighted by molar-refractivity contribution is 0.0115. The lowest BCUT2D eigenvalue weighted by Gasteiger charge is -2.37. The number of hydrogen-bond acceptors (Lipinski definition) is 5. The zero-order chi connectivity index (χ0) is 17.2. The first kappa shape index (κ1) is 17.3. The first-order valence-electron chi connectivity index (χ1n) is 7.56. The molecule has 1 fully saturated rings. The molecule has 1 saturated heterocycles. The fourth-order valence-corrected chi connectivity index (χ4v) is 2.54. The third kappa shape index (κ3) is 4.04. The van der Waals surface area contributed by atoms with Crippen LogP contribution in [0.2, 0.25) is 0 Å². The molecule has 1 heterocycles. The number of methoxy groups -OCH3 is 1. The van der Waals surface area contributed by atoms with Gasteiger partial charge < -0.3 is 20.5 Å². The van der Waals surface area contributed by atoms with Gasteiger partial charge in [-0.1, -0.05) is 0 Å². The highest BCUT2D eigenvalue weighted by Gasteiger charge is 2.33. The number of nitrogens with zero attached hydrogens (tertiary/aromatic N) is 1. The molecular weight excluding hydrogens is 301 g/mol. The van der Waals surface area contributed by atoms with Gasteiger partial charge in [0.05, 0.1) is 18.8 Å². The zero-order valence-electron chi connectivity index (χ0n) is 14.0. The second kappa shape index (κ2) is 6.62. The molecule has 1 aromatic carbocycles. The molecule has 0 radical (unpaired) electrons. The third-order valence-electron chi connectivity index (χ3n) is 3.58. The van der Waals surface area contributed by atoms with Crippen LogP contribution in [0, 0.1) is 5.82 Å². The average molecular weight is 325 g/mol. The maximum atomic E-state index is 13.9. The molecule has 1 aliphatic heterocycles. The van der Waals surface area contributed by atoms with Gasteiger partial charge in [0, 0.05) is 31.3 Å². The maximum Gasteiger partial charge on any atom is 0.410 e. The van der Waals surface area contributed by atoms with E-state index in [1.807, 2.05) is 20.8 Å². The minimum Gasteiger partial charge on any atom is -0.496 e. The lowest BCUT2D eigenvalue weighted by Crippen LogP contribution is -2.50. The Hall–Kier alpha value is -2.02. The van der Waals surface area contributed by atoms with E-state index >= 15 is 0 Å². The number of carbonyl (C=O) groups is 1. The van der Waals surface area contributed by atoms with Crippen LogP contribution in [0.5, 0.6) is 5.75 Å². The zero-order valence-corrected chi connectivity index (χ0v) is 14.0. The fraction of sp³-hybridized carbons (Fsp3) is 0.562. The van der Waals surface area contributed by atoms with Gasteiger partial charge in [0.2, 0.25) is 0 Å². The fourth-order valence-electron chi connectivity index (χ4n) is 2.54. The van der Waals surface area contributed by atoms with Crippen LogP contribution in [0.15, 0.2) is 12.1 Å². The van der Waals surface area contributed by atoms with Crippen molar-refractivity contribution < 1.29 is 18.7 Å². The molecule has 0 aliphatic carbocycles. The van der Waals surface area contributed by atoms with Crippen molar-refractivity contribution in [3.05, 3.63) is 23.5 Å².